The van der Waals surface area contributed by atoms with Crippen molar-refractivity contribution in [2.24, 2.45) is 11.8 Å². The van der Waals surface area contributed by atoms with Crippen LogP contribution < -0.4 is 15.0 Å². The zero-order valence-corrected chi connectivity index (χ0v) is 25.0. The Kier molecular flexibility index (Phi) is 12.0. The van der Waals surface area contributed by atoms with Gasteiger partial charge in [0.25, 0.3) is 0 Å². The molecule has 0 radical (unpaired) electrons. The van der Waals surface area contributed by atoms with Crippen LogP contribution in [0.15, 0.2) is 24.5 Å². The molecular formula is C31H45F2N5O5. The van der Waals surface area contributed by atoms with Gasteiger partial charge in [-0.15, -0.1) is 0 Å². The molecule has 4 N–H and O–H groups in total. The maximum atomic E-state index is 14.7. The van der Waals surface area contributed by atoms with Crippen LogP contribution in [0.3, 0.4) is 0 Å². The molecule has 0 spiro atoms. The summed E-state index contributed by atoms with van der Waals surface area (Å²) in [5.41, 5.74) is -0.711. The van der Waals surface area contributed by atoms with Crippen molar-refractivity contribution in [1.29, 1.82) is 0 Å². The molecule has 12 heteroatoms. The number of aromatic nitrogens is 2. The average molecular weight is 606 g/mol. The van der Waals surface area contributed by atoms with E-state index < -0.39 is 30.4 Å². The predicted molar refractivity (Wildman–Crippen MR) is 158 cm³/mol. The standard InChI is InChI=1S/C31H45F2N5O5/c1-2-4-23-15-35-30(36-16-23)37-8-6-22(7-9-37)5-3-10-43-25-11-27(32)26(28(33)12-25)13-29(41)38-17-24(18-38)14-34-19-31(42,20-39)21-40/h11-12,15-16,22,24,34,39-40,42H,2-10,13-14,17-21H2,1H3. The zero-order chi connectivity index (χ0) is 30.8. The van der Waals surface area contributed by atoms with Crippen LogP contribution in [-0.2, 0) is 17.6 Å². The monoisotopic (exact) mass is 605 g/mol. The third-order valence-electron chi connectivity index (χ3n) is 8.38. The Morgan fingerprint density at radius 3 is 2.35 bits per heavy atom. The van der Waals surface area contributed by atoms with Gasteiger partial charge in [0, 0.05) is 75.3 Å². The number of aliphatic hydroxyl groups excluding tert-OH is 2. The van der Waals surface area contributed by atoms with Gasteiger partial charge in [-0.1, -0.05) is 13.3 Å². The molecule has 1 aromatic heterocycles. The minimum Gasteiger partial charge on any atom is -0.493 e. The maximum Gasteiger partial charge on any atom is 0.227 e. The van der Waals surface area contributed by atoms with Gasteiger partial charge in [-0.05, 0) is 43.6 Å². The van der Waals surface area contributed by atoms with E-state index in [1.54, 1.807) is 0 Å². The van der Waals surface area contributed by atoms with Gasteiger partial charge >= 0.3 is 0 Å². The second kappa shape index (κ2) is 15.7. The van der Waals surface area contributed by atoms with Crippen molar-refractivity contribution in [3.05, 3.63) is 47.3 Å². The van der Waals surface area contributed by atoms with Crippen LogP contribution >= 0.6 is 0 Å². The summed E-state index contributed by atoms with van der Waals surface area (Å²) >= 11 is 0. The summed E-state index contributed by atoms with van der Waals surface area (Å²) < 4.78 is 35.1. The molecule has 0 unspecified atom stereocenters. The molecule has 10 nitrogen and oxygen atoms in total. The van der Waals surface area contributed by atoms with E-state index in [-0.39, 0.29) is 36.1 Å². The number of rotatable bonds is 16. The normalized spacial score (nSPS) is 16.4. The van der Waals surface area contributed by atoms with E-state index in [1.165, 1.54) is 4.90 Å². The number of carbonyl (C=O) groups is 1. The molecule has 2 aliphatic rings. The van der Waals surface area contributed by atoms with E-state index in [2.05, 4.69) is 27.1 Å². The summed E-state index contributed by atoms with van der Waals surface area (Å²) in [4.78, 5) is 25.4. The second-order valence-corrected chi connectivity index (χ2v) is 11.9. The van der Waals surface area contributed by atoms with Gasteiger partial charge in [-0.3, -0.25) is 4.79 Å². The lowest BCUT2D eigenvalue weighted by Gasteiger charge is -2.40. The van der Waals surface area contributed by atoms with E-state index in [0.29, 0.717) is 32.2 Å². The van der Waals surface area contributed by atoms with Crippen LogP contribution in [-0.4, -0.2) is 101 Å². The molecule has 2 aliphatic heterocycles. The Hall–Kier alpha value is -2.93. The number of anilines is 1. The highest BCUT2D eigenvalue weighted by molar-refractivity contribution is 5.79. The minimum absolute atomic E-state index is 0.0130. The van der Waals surface area contributed by atoms with E-state index >= 15 is 0 Å². The number of piperidine rings is 1. The molecule has 3 heterocycles. The van der Waals surface area contributed by atoms with Gasteiger partial charge in [0.1, 0.15) is 23.0 Å². The number of aliphatic hydroxyl groups is 3. The number of hydrogen-bond acceptors (Lipinski definition) is 9. The van der Waals surface area contributed by atoms with Crippen LogP contribution in [0.25, 0.3) is 0 Å². The highest BCUT2D eigenvalue weighted by Crippen LogP contribution is 2.26. The third kappa shape index (κ3) is 9.28. The predicted octanol–water partition coefficient (Wildman–Crippen LogP) is 2.09. The molecule has 0 aliphatic carbocycles. The first-order valence-corrected chi connectivity index (χ1v) is 15.3. The van der Waals surface area contributed by atoms with Gasteiger partial charge in [-0.2, -0.15) is 0 Å². The minimum atomic E-state index is -1.60. The lowest BCUT2D eigenvalue weighted by atomic mass is 9.92. The number of nitrogens with zero attached hydrogens (tertiary/aromatic N) is 4. The van der Waals surface area contributed by atoms with Crippen molar-refractivity contribution >= 4 is 11.9 Å². The Bertz CT molecular complexity index is 1150. The maximum absolute atomic E-state index is 14.7. The largest absolute Gasteiger partial charge is 0.493 e. The van der Waals surface area contributed by atoms with Crippen LogP contribution in [0.5, 0.6) is 5.75 Å². The number of ether oxygens (including phenoxy) is 1. The highest BCUT2D eigenvalue weighted by Gasteiger charge is 2.32. The summed E-state index contributed by atoms with van der Waals surface area (Å²) in [6.45, 7) is 4.50. The molecule has 1 amide bonds. The number of nitrogens with one attached hydrogen (secondary N) is 1. The Morgan fingerprint density at radius 2 is 1.74 bits per heavy atom. The van der Waals surface area contributed by atoms with Gasteiger partial charge < -0.3 is 35.2 Å². The number of halogens is 2. The van der Waals surface area contributed by atoms with Crippen molar-refractivity contribution in [2.45, 2.75) is 57.5 Å². The molecular weight excluding hydrogens is 560 g/mol. The first kappa shape index (κ1) is 33.0. The van der Waals surface area contributed by atoms with Crippen molar-refractivity contribution < 1.29 is 33.6 Å². The SMILES string of the molecule is CCCc1cnc(N2CCC(CCCOc3cc(F)c(CC(=O)N4CC(CNCC(O)(CO)CO)C4)c(F)c3)CC2)nc1. The number of carbonyl (C=O) groups excluding carboxylic acids is 1. The van der Waals surface area contributed by atoms with E-state index in [0.717, 1.165) is 75.3 Å². The summed E-state index contributed by atoms with van der Waals surface area (Å²) in [5.74, 6) is -0.394. The van der Waals surface area contributed by atoms with E-state index in [1.807, 2.05) is 12.4 Å². The van der Waals surface area contributed by atoms with E-state index in [9.17, 15) is 18.7 Å². The number of benzene rings is 1. The van der Waals surface area contributed by atoms with E-state index in [4.69, 9.17) is 14.9 Å². The quantitative estimate of drug-likeness (QED) is 0.213. The summed E-state index contributed by atoms with van der Waals surface area (Å²) in [5, 5.41) is 31.1. The van der Waals surface area contributed by atoms with Crippen LogP contribution in [0.1, 0.15) is 50.2 Å². The topological polar surface area (TPSA) is 131 Å². The second-order valence-electron chi connectivity index (χ2n) is 11.9. The first-order valence-electron chi connectivity index (χ1n) is 15.3. The van der Waals surface area contributed by atoms with Crippen molar-refractivity contribution in [3.8, 4) is 5.75 Å². The first-order chi connectivity index (χ1) is 20.7. The summed E-state index contributed by atoms with van der Waals surface area (Å²) in [6, 6.07) is 2.28. The molecule has 0 saturated carbocycles. The number of likely N-dealkylation sites (tertiary alicyclic amines) is 1. The molecule has 1 aromatic carbocycles. The molecule has 0 atom stereocenters. The van der Waals surface area contributed by atoms with Gasteiger partial charge in [0.2, 0.25) is 11.9 Å². The zero-order valence-electron chi connectivity index (χ0n) is 25.0. The molecule has 0 bridgehead atoms. The molecule has 2 aromatic rings. The fraction of sp³-hybridized carbons (Fsp3) is 0.645. The Morgan fingerprint density at radius 1 is 1.09 bits per heavy atom. The number of aryl methyl sites for hydroxylation is 1. The van der Waals surface area contributed by atoms with Crippen molar-refractivity contribution in [2.75, 3.05) is 64.0 Å². The van der Waals surface area contributed by atoms with Crippen molar-refractivity contribution in [3.63, 3.8) is 0 Å². The molecule has 2 saturated heterocycles. The third-order valence-corrected chi connectivity index (χ3v) is 8.38. The highest BCUT2D eigenvalue weighted by atomic mass is 19.1. The van der Waals surface area contributed by atoms with Crippen LogP contribution in [0.4, 0.5) is 14.7 Å². The lowest BCUT2D eigenvalue weighted by molar-refractivity contribution is -0.136. The Labute approximate surface area is 252 Å². The number of amides is 1. The fourth-order valence-corrected chi connectivity index (χ4v) is 5.58. The smallest absolute Gasteiger partial charge is 0.227 e. The van der Waals surface area contributed by atoms with Gasteiger partial charge in [0.15, 0.2) is 0 Å². The fourth-order valence-electron chi connectivity index (χ4n) is 5.58. The van der Waals surface area contributed by atoms with Crippen LogP contribution in [0.2, 0.25) is 0 Å². The average Bonchev–Trinajstić information content (AvgIpc) is 2.99. The van der Waals surface area contributed by atoms with Crippen molar-refractivity contribution in [1.82, 2.24) is 20.2 Å². The molecule has 4 rings (SSSR count). The summed E-state index contributed by atoms with van der Waals surface area (Å²) in [6.07, 6.45) is 9.34. The van der Waals surface area contributed by atoms with Crippen LogP contribution in [0, 0.1) is 23.5 Å². The molecule has 2 fully saturated rings. The summed E-state index contributed by atoms with van der Waals surface area (Å²) in [7, 11) is 0. The molecule has 238 valence electrons. The van der Waals surface area contributed by atoms with Gasteiger partial charge in [0.05, 0.1) is 26.2 Å². The Balaban J connectivity index is 1.13. The lowest BCUT2D eigenvalue weighted by Crippen LogP contribution is -2.55. The van der Waals surface area contributed by atoms with Gasteiger partial charge in [-0.25, -0.2) is 18.7 Å². The number of hydrogen-bond donors (Lipinski definition) is 4. The molecule has 43 heavy (non-hydrogen) atoms.